The highest BCUT2D eigenvalue weighted by Crippen LogP contribution is 2.37. The molecule has 9 heteroatoms. The Hall–Kier alpha value is -2.62. The van der Waals surface area contributed by atoms with Crippen molar-refractivity contribution in [3.05, 3.63) is 48.9 Å². The van der Waals surface area contributed by atoms with Gasteiger partial charge in [-0.05, 0) is 49.5 Å². The molecule has 188 valence electrons. The molecule has 2 aliphatic rings. The molecule has 5 rings (SSSR count). The number of pyridine rings is 1. The molecule has 1 unspecified atom stereocenters. The van der Waals surface area contributed by atoms with Crippen molar-refractivity contribution in [3.8, 4) is 11.3 Å². The molecule has 0 aliphatic carbocycles. The van der Waals surface area contributed by atoms with Crippen LogP contribution >= 0.6 is 0 Å². The summed E-state index contributed by atoms with van der Waals surface area (Å²) in [6, 6.07) is 4.26. The first-order chi connectivity index (χ1) is 16.7. The molecular formula is C26H37N5O3Si. The molecule has 8 nitrogen and oxygen atoms in total. The van der Waals surface area contributed by atoms with Crippen molar-refractivity contribution in [2.24, 2.45) is 0 Å². The Morgan fingerprint density at radius 3 is 2.74 bits per heavy atom. The van der Waals surface area contributed by atoms with E-state index in [1.54, 1.807) is 6.26 Å². The van der Waals surface area contributed by atoms with Crippen LogP contribution in [-0.4, -0.2) is 47.2 Å². The number of imidazole rings is 1. The van der Waals surface area contributed by atoms with Crippen molar-refractivity contribution in [1.82, 2.24) is 19.2 Å². The van der Waals surface area contributed by atoms with E-state index in [-0.39, 0.29) is 11.3 Å². The standard InChI is InChI=1S/C26H37N5O3Si/c1-26(2,3)35(4,5)34-19-20-17-30-18-21(29-11-14-32-15-12-29)16-22(25(30)28-20)23-9-10-27-31(23)24-8-6-7-13-33-24/h9-11,14,16-18,24H,6-8,12-13,15,19H2,1-5H3. The topological polar surface area (TPSA) is 66.0 Å². The highest BCUT2D eigenvalue weighted by molar-refractivity contribution is 6.74. The van der Waals surface area contributed by atoms with E-state index in [4.69, 9.17) is 18.9 Å². The van der Waals surface area contributed by atoms with Crippen LogP contribution in [0.25, 0.3) is 16.9 Å². The van der Waals surface area contributed by atoms with Gasteiger partial charge in [-0.2, -0.15) is 5.10 Å². The molecule has 0 bridgehead atoms. The monoisotopic (exact) mass is 495 g/mol. The number of hydrogen-bond donors (Lipinski definition) is 0. The minimum atomic E-state index is -1.88. The van der Waals surface area contributed by atoms with Gasteiger partial charge in [0, 0.05) is 37.0 Å². The fourth-order valence-electron chi connectivity index (χ4n) is 4.32. The lowest BCUT2D eigenvalue weighted by molar-refractivity contribution is -0.0383. The number of aromatic nitrogens is 4. The second kappa shape index (κ2) is 9.44. The lowest BCUT2D eigenvalue weighted by Crippen LogP contribution is -2.40. The first-order valence-electron chi connectivity index (χ1n) is 12.6. The molecule has 1 saturated heterocycles. The zero-order valence-corrected chi connectivity index (χ0v) is 22.5. The Kier molecular flexibility index (Phi) is 6.50. The van der Waals surface area contributed by atoms with E-state index in [1.807, 2.05) is 17.1 Å². The predicted octanol–water partition coefficient (Wildman–Crippen LogP) is 5.73. The summed E-state index contributed by atoms with van der Waals surface area (Å²) in [4.78, 5) is 7.25. The summed E-state index contributed by atoms with van der Waals surface area (Å²) in [5, 5.41) is 4.81. The van der Waals surface area contributed by atoms with Crippen LogP contribution in [-0.2, 0) is 20.5 Å². The fraction of sp³-hybridized carbons (Fsp3) is 0.538. The number of fused-ring (bicyclic) bond motifs is 1. The molecule has 0 spiro atoms. The second-order valence-electron chi connectivity index (χ2n) is 11.0. The van der Waals surface area contributed by atoms with Crippen LogP contribution < -0.4 is 4.90 Å². The van der Waals surface area contributed by atoms with Crippen LogP contribution in [0.5, 0.6) is 0 Å². The lowest BCUT2D eigenvalue weighted by Gasteiger charge is -2.35. The Balaban J connectivity index is 1.56. The summed E-state index contributed by atoms with van der Waals surface area (Å²) in [6.45, 7) is 14.1. The molecule has 0 N–H and O–H groups in total. The zero-order valence-electron chi connectivity index (χ0n) is 21.5. The number of nitrogens with zero attached hydrogens (tertiary/aromatic N) is 5. The maximum absolute atomic E-state index is 6.49. The number of hydrogen-bond acceptors (Lipinski definition) is 6. The van der Waals surface area contributed by atoms with E-state index in [2.05, 4.69) is 72.8 Å². The average molecular weight is 496 g/mol. The van der Waals surface area contributed by atoms with Crippen molar-refractivity contribution in [1.29, 1.82) is 0 Å². The SMILES string of the molecule is CC(C)(C)[Si](C)(C)OCc1cn2cc(N3C=COCC3)cc(-c3ccnn3C3CCCCO3)c2n1. The van der Waals surface area contributed by atoms with Gasteiger partial charge in [0.15, 0.2) is 14.5 Å². The van der Waals surface area contributed by atoms with Gasteiger partial charge >= 0.3 is 0 Å². The van der Waals surface area contributed by atoms with Crippen molar-refractivity contribution in [3.63, 3.8) is 0 Å². The predicted molar refractivity (Wildman–Crippen MR) is 140 cm³/mol. The van der Waals surface area contributed by atoms with Crippen LogP contribution in [0.4, 0.5) is 5.69 Å². The Morgan fingerprint density at radius 2 is 2.03 bits per heavy atom. The minimum absolute atomic E-state index is 0.0444. The van der Waals surface area contributed by atoms with Crippen LogP contribution in [0.3, 0.4) is 0 Å². The summed E-state index contributed by atoms with van der Waals surface area (Å²) in [5.74, 6) is 0. The molecule has 0 amide bonds. The van der Waals surface area contributed by atoms with E-state index in [0.717, 1.165) is 60.7 Å². The van der Waals surface area contributed by atoms with E-state index in [9.17, 15) is 0 Å². The van der Waals surface area contributed by atoms with Gasteiger partial charge in [0.05, 0.1) is 36.5 Å². The van der Waals surface area contributed by atoms with Crippen LogP contribution in [0.1, 0.15) is 52.0 Å². The van der Waals surface area contributed by atoms with E-state index in [1.165, 1.54) is 0 Å². The van der Waals surface area contributed by atoms with Gasteiger partial charge in [-0.1, -0.05) is 20.8 Å². The van der Waals surface area contributed by atoms with E-state index >= 15 is 0 Å². The molecule has 3 aromatic heterocycles. The van der Waals surface area contributed by atoms with E-state index < -0.39 is 8.32 Å². The summed E-state index contributed by atoms with van der Waals surface area (Å²) in [6.07, 6.45) is 13.0. The van der Waals surface area contributed by atoms with E-state index in [0.29, 0.717) is 13.2 Å². The van der Waals surface area contributed by atoms with Crippen molar-refractivity contribution in [2.45, 2.75) is 71.0 Å². The Morgan fingerprint density at radius 1 is 1.17 bits per heavy atom. The quantitative estimate of drug-likeness (QED) is 0.407. The third-order valence-electron chi connectivity index (χ3n) is 7.47. The summed E-state index contributed by atoms with van der Waals surface area (Å²) < 4.78 is 22.1. The highest BCUT2D eigenvalue weighted by atomic mass is 28.4. The van der Waals surface area contributed by atoms with Crippen molar-refractivity contribution >= 4 is 19.7 Å². The number of anilines is 1. The number of ether oxygens (including phenoxy) is 2. The van der Waals surface area contributed by atoms with Gasteiger partial charge in [0.1, 0.15) is 12.3 Å². The van der Waals surface area contributed by atoms with Crippen molar-refractivity contribution < 1.29 is 13.9 Å². The zero-order chi connectivity index (χ0) is 24.6. The maximum Gasteiger partial charge on any atom is 0.192 e. The summed E-state index contributed by atoms with van der Waals surface area (Å²) in [5.41, 5.74) is 4.97. The Labute approximate surface area is 208 Å². The molecule has 2 aliphatic heterocycles. The maximum atomic E-state index is 6.49. The first-order valence-corrected chi connectivity index (χ1v) is 15.5. The Bertz CT molecular complexity index is 1200. The van der Waals surface area contributed by atoms with Crippen LogP contribution in [0, 0.1) is 0 Å². The minimum Gasteiger partial charge on any atom is -0.498 e. The van der Waals surface area contributed by atoms with Gasteiger partial charge < -0.3 is 23.2 Å². The molecule has 0 radical (unpaired) electrons. The van der Waals surface area contributed by atoms with Gasteiger partial charge in [-0.15, -0.1) is 0 Å². The first kappa shape index (κ1) is 24.1. The molecule has 0 aromatic carbocycles. The normalized spacial score (nSPS) is 19.3. The molecule has 5 heterocycles. The van der Waals surface area contributed by atoms with Crippen LogP contribution in [0.15, 0.2) is 43.2 Å². The lowest BCUT2D eigenvalue weighted by atomic mass is 10.1. The molecular weight excluding hydrogens is 458 g/mol. The third kappa shape index (κ3) is 4.89. The third-order valence-corrected chi connectivity index (χ3v) is 11.9. The van der Waals surface area contributed by atoms with Gasteiger partial charge in [0.2, 0.25) is 0 Å². The molecule has 3 aromatic rings. The molecule has 35 heavy (non-hydrogen) atoms. The smallest absolute Gasteiger partial charge is 0.192 e. The largest absolute Gasteiger partial charge is 0.498 e. The summed E-state index contributed by atoms with van der Waals surface area (Å²) in [7, 11) is -1.88. The van der Waals surface area contributed by atoms with Crippen LogP contribution in [0.2, 0.25) is 18.1 Å². The molecule has 1 fully saturated rings. The van der Waals surface area contributed by atoms with Gasteiger partial charge in [-0.25, -0.2) is 9.67 Å². The average Bonchev–Trinajstić information content (AvgIpc) is 3.50. The number of rotatable bonds is 6. The fourth-order valence-corrected chi connectivity index (χ4v) is 5.26. The van der Waals surface area contributed by atoms with Gasteiger partial charge in [-0.3, -0.25) is 0 Å². The highest BCUT2D eigenvalue weighted by Gasteiger charge is 2.37. The molecule has 0 saturated carbocycles. The summed E-state index contributed by atoms with van der Waals surface area (Å²) >= 11 is 0. The molecule has 1 atom stereocenters. The second-order valence-corrected chi connectivity index (χ2v) is 15.8. The van der Waals surface area contributed by atoms with Gasteiger partial charge in [0.25, 0.3) is 0 Å². The van der Waals surface area contributed by atoms with Crippen molar-refractivity contribution in [2.75, 3.05) is 24.7 Å².